The van der Waals surface area contributed by atoms with Crippen LogP contribution in [0.1, 0.15) is 0 Å². The average molecular weight is 731 g/mol. The molecule has 0 saturated carbocycles. The number of hydrogen-bond donors (Lipinski definition) is 0. The normalized spacial score (nSPS) is 11.2. The van der Waals surface area contributed by atoms with Crippen LogP contribution in [0.3, 0.4) is 0 Å². The molecule has 10 rings (SSSR count). The summed E-state index contributed by atoms with van der Waals surface area (Å²) in [6, 6.07) is 70.0. The van der Waals surface area contributed by atoms with Crippen LogP contribution >= 0.6 is 0 Å². The predicted octanol–water partition coefficient (Wildman–Crippen LogP) is 13.4. The Morgan fingerprint density at radius 2 is 0.491 bits per heavy atom. The van der Waals surface area contributed by atoms with Gasteiger partial charge in [0.15, 0.2) is 0 Å². The van der Waals surface area contributed by atoms with E-state index in [-0.39, 0.29) is 0 Å². The van der Waals surface area contributed by atoms with E-state index in [0.717, 1.165) is 78.2 Å². The lowest BCUT2D eigenvalue weighted by Crippen LogP contribution is -1.97. The number of benzene rings is 8. The second-order valence-electron chi connectivity index (χ2n) is 13.9. The third-order valence-corrected chi connectivity index (χ3v) is 10.1. The van der Waals surface area contributed by atoms with Gasteiger partial charge in [0.05, 0.1) is 44.8 Å². The first-order valence-corrected chi connectivity index (χ1v) is 19.0. The molecule has 5 nitrogen and oxygen atoms in total. The van der Waals surface area contributed by atoms with Crippen LogP contribution in [0.15, 0.2) is 206 Å². The van der Waals surface area contributed by atoms with Crippen molar-refractivity contribution in [2.45, 2.75) is 0 Å². The molecule has 57 heavy (non-hydrogen) atoms. The zero-order valence-electron chi connectivity index (χ0n) is 30.8. The van der Waals surface area contributed by atoms with Crippen molar-refractivity contribution in [3.05, 3.63) is 206 Å². The lowest BCUT2D eigenvalue weighted by Gasteiger charge is -2.13. The van der Waals surface area contributed by atoms with Gasteiger partial charge in [-0.15, -0.1) is 0 Å². The molecule has 0 amide bonds. The van der Waals surface area contributed by atoms with Gasteiger partial charge in [-0.05, 0) is 46.5 Å². The standard InChI is InChI=1S/C52H34N4O/c1-5-13-35(14-6-1)37-21-25-41(26-22-37)51-49(39-17-9-3-10-18-39)55-47-33-43(29-31-45(47)53-51)57-44-30-32-46-48(34-44)56-50(40-19-11-4-12-20-40)52(54-46)42-27-23-38(24-28-42)36-15-7-2-8-16-36/h1-34H. The van der Waals surface area contributed by atoms with Gasteiger partial charge < -0.3 is 4.74 Å². The summed E-state index contributed by atoms with van der Waals surface area (Å²) in [7, 11) is 0. The van der Waals surface area contributed by atoms with Crippen LogP contribution in [0.5, 0.6) is 11.5 Å². The number of hydrogen-bond acceptors (Lipinski definition) is 5. The molecule has 8 aromatic carbocycles. The van der Waals surface area contributed by atoms with Gasteiger partial charge in [0.2, 0.25) is 0 Å². The van der Waals surface area contributed by atoms with Crippen molar-refractivity contribution >= 4 is 22.1 Å². The summed E-state index contributed by atoms with van der Waals surface area (Å²) in [5, 5.41) is 0. The molecule has 0 aliphatic rings. The van der Waals surface area contributed by atoms with Crippen LogP contribution < -0.4 is 4.74 Å². The first-order valence-electron chi connectivity index (χ1n) is 19.0. The summed E-state index contributed by atoms with van der Waals surface area (Å²) in [6.07, 6.45) is 0. The lowest BCUT2D eigenvalue weighted by molar-refractivity contribution is 0.484. The molecule has 268 valence electrons. The fraction of sp³-hybridized carbons (Fsp3) is 0. The Bertz CT molecular complexity index is 2780. The van der Waals surface area contributed by atoms with Crippen molar-refractivity contribution in [1.29, 1.82) is 0 Å². The molecule has 10 aromatic rings. The first kappa shape index (κ1) is 33.8. The van der Waals surface area contributed by atoms with Crippen LogP contribution in [-0.4, -0.2) is 19.9 Å². The molecule has 0 saturated heterocycles. The number of nitrogens with zero attached hydrogens (tertiary/aromatic N) is 4. The minimum atomic E-state index is 0.654. The van der Waals surface area contributed by atoms with Crippen molar-refractivity contribution in [3.8, 4) is 78.8 Å². The molecule has 0 N–H and O–H groups in total. The molecule has 2 aromatic heterocycles. The summed E-state index contributed by atoms with van der Waals surface area (Å²) in [4.78, 5) is 20.7. The molecule has 2 heterocycles. The molecule has 0 fully saturated rings. The van der Waals surface area contributed by atoms with E-state index in [1.54, 1.807) is 0 Å². The van der Waals surface area contributed by atoms with Crippen LogP contribution in [0.2, 0.25) is 0 Å². The maximum Gasteiger partial charge on any atom is 0.129 e. The number of aromatic nitrogens is 4. The van der Waals surface area contributed by atoms with E-state index in [1.807, 2.05) is 84.9 Å². The van der Waals surface area contributed by atoms with E-state index in [4.69, 9.17) is 24.7 Å². The Morgan fingerprint density at radius 1 is 0.228 bits per heavy atom. The van der Waals surface area contributed by atoms with Gasteiger partial charge >= 0.3 is 0 Å². The topological polar surface area (TPSA) is 60.8 Å². The molecule has 0 spiro atoms. The molecular weight excluding hydrogens is 697 g/mol. The summed E-state index contributed by atoms with van der Waals surface area (Å²) in [5.74, 6) is 1.31. The van der Waals surface area contributed by atoms with E-state index in [1.165, 1.54) is 11.1 Å². The third kappa shape index (κ3) is 6.90. The van der Waals surface area contributed by atoms with Gasteiger partial charge in [-0.2, -0.15) is 0 Å². The van der Waals surface area contributed by atoms with E-state index >= 15 is 0 Å². The molecule has 0 aliphatic carbocycles. The van der Waals surface area contributed by atoms with Gasteiger partial charge in [0.25, 0.3) is 0 Å². The van der Waals surface area contributed by atoms with Crippen LogP contribution in [0.4, 0.5) is 0 Å². The fourth-order valence-corrected chi connectivity index (χ4v) is 7.23. The van der Waals surface area contributed by atoms with Gasteiger partial charge in [-0.1, -0.05) is 170 Å². The van der Waals surface area contributed by atoms with Crippen molar-refractivity contribution in [3.63, 3.8) is 0 Å². The second kappa shape index (κ2) is 14.8. The van der Waals surface area contributed by atoms with Crippen molar-refractivity contribution < 1.29 is 4.74 Å². The van der Waals surface area contributed by atoms with Gasteiger partial charge in [-0.3, -0.25) is 0 Å². The quantitative estimate of drug-likeness (QED) is 0.156. The SMILES string of the molecule is c1ccc(-c2ccc(-c3nc4ccc(Oc5ccc6nc(-c7ccc(-c8ccccc8)cc7)c(-c7ccccc7)nc6c5)cc4nc3-c3ccccc3)cc2)cc1. The zero-order valence-corrected chi connectivity index (χ0v) is 30.8. The molecule has 0 bridgehead atoms. The number of ether oxygens (including phenoxy) is 1. The lowest BCUT2D eigenvalue weighted by atomic mass is 10.00. The van der Waals surface area contributed by atoms with E-state index in [0.29, 0.717) is 11.5 Å². The second-order valence-corrected chi connectivity index (χ2v) is 13.9. The molecular formula is C52H34N4O. The van der Waals surface area contributed by atoms with E-state index < -0.39 is 0 Å². The highest BCUT2D eigenvalue weighted by molar-refractivity contribution is 5.89. The zero-order chi connectivity index (χ0) is 38.0. The largest absolute Gasteiger partial charge is 0.457 e. The molecule has 5 heteroatoms. The smallest absolute Gasteiger partial charge is 0.129 e. The maximum atomic E-state index is 6.49. The summed E-state index contributed by atoms with van der Waals surface area (Å²) < 4.78 is 6.49. The Hall–Kier alpha value is -7.76. The monoisotopic (exact) mass is 730 g/mol. The number of fused-ring (bicyclic) bond motifs is 2. The molecule has 0 aliphatic heterocycles. The minimum Gasteiger partial charge on any atom is -0.457 e. The predicted molar refractivity (Wildman–Crippen MR) is 232 cm³/mol. The van der Waals surface area contributed by atoms with Gasteiger partial charge in [-0.25, -0.2) is 19.9 Å². The maximum absolute atomic E-state index is 6.49. The molecule has 0 radical (unpaired) electrons. The Balaban J connectivity index is 0.993. The summed E-state index contributed by atoms with van der Waals surface area (Å²) >= 11 is 0. The summed E-state index contributed by atoms with van der Waals surface area (Å²) in [5.41, 5.74) is 15.0. The third-order valence-electron chi connectivity index (χ3n) is 10.1. The highest BCUT2D eigenvalue weighted by Crippen LogP contribution is 2.36. The Labute approximate surface area is 330 Å². The van der Waals surface area contributed by atoms with E-state index in [2.05, 4.69) is 121 Å². The number of rotatable bonds is 8. The Morgan fingerprint density at radius 3 is 0.842 bits per heavy atom. The van der Waals surface area contributed by atoms with Crippen LogP contribution in [0, 0.1) is 0 Å². The highest BCUT2D eigenvalue weighted by atomic mass is 16.5. The molecule has 0 atom stereocenters. The van der Waals surface area contributed by atoms with Crippen molar-refractivity contribution in [2.24, 2.45) is 0 Å². The average Bonchev–Trinajstić information content (AvgIpc) is 3.29. The van der Waals surface area contributed by atoms with E-state index in [9.17, 15) is 0 Å². The molecule has 0 unspecified atom stereocenters. The highest BCUT2D eigenvalue weighted by Gasteiger charge is 2.17. The van der Waals surface area contributed by atoms with Crippen molar-refractivity contribution in [2.75, 3.05) is 0 Å². The first-order chi connectivity index (χ1) is 28.2. The summed E-state index contributed by atoms with van der Waals surface area (Å²) in [6.45, 7) is 0. The van der Waals surface area contributed by atoms with Crippen LogP contribution in [0.25, 0.3) is 89.4 Å². The Kier molecular flexibility index (Phi) is 8.78. The minimum absolute atomic E-state index is 0.654. The van der Waals surface area contributed by atoms with Gasteiger partial charge in [0.1, 0.15) is 11.5 Å². The fourth-order valence-electron chi connectivity index (χ4n) is 7.23. The van der Waals surface area contributed by atoms with Crippen LogP contribution in [-0.2, 0) is 0 Å². The van der Waals surface area contributed by atoms with Gasteiger partial charge in [0, 0.05) is 34.4 Å². The van der Waals surface area contributed by atoms with Crippen molar-refractivity contribution in [1.82, 2.24) is 19.9 Å².